The van der Waals surface area contributed by atoms with Crippen LogP contribution in [0.4, 0.5) is 4.39 Å². The molecule has 1 aliphatic heterocycles. The number of hydrogen-bond donors (Lipinski definition) is 1. The number of nitrogens with one attached hydrogen (secondary N) is 1. The summed E-state index contributed by atoms with van der Waals surface area (Å²) >= 11 is 1.84. The Balaban J connectivity index is 1.78. The molecule has 0 spiro atoms. The van der Waals surface area contributed by atoms with Crippen LogP contribution in [0.1, 0.15) is 32.3 Å². The topological polar surface area (TPSA) is 24.4 Å². The molecule has 2 nitrogen and oxygen atoms in total. The molecule has 0 aromatic heterocycles. The van der Waals surface area contributed by atoms with E-state index in [1.54, 1.807) is 0 Å². The van der Waals surface area contributed by atoms with Crippen molar-refractivity contribution in [3.63, 3.8) is 0 Å². The van der Waals surface area contributed by atoms with Gasteiger partial charge in [-0.3, -0.25) is 4.99 Å². The summed E-state index contributed by atoms with van der Waals surface area (Å²) in [6.45, 7) is 6.30. The number of halogens is 1. The Kier molecular flexibility index (Phi) is 5.46. The highest BCUT2D eigenvalue weighted by Gasteiger charge is 2.29. The maximum atomic E-state index is 12.8. The molecule has 1 aromatic rings. The molecule has 1 aromatic carbocycles. The number of rotatable bonds is 5. The number of benzene rings is 1. The molecule has 0 saturated heterocycles. The monoisotopic (exact) mass is 294 g/mol. The molecule has 0 atom stereocenters. The molecule has 1 heterocycles. The highest BCUT2D eigenvalue weighted by atomic mass is 32.2. The van der Waals surface area contributed by atoms with E-state index in [1.807, 2.05) is 23.9 Å². The Bertz CT molecular complexity index is 452. The number of aliphatic imine (C=N–C) groups is 1. The minimum atomic E-state index is -0.176. The summed E-state index contributed by atoms with van der Waals surface area (Å²) < 4.78 is 12.8. The highest BCUT2D eigenvalue weighted by Crippen LogP contribution is 2.34. The van der Waals surface area contributed by atoms with Gasteiger partial charge in [0.15, 0.2) is 5.17 Å². The normalized spacial score (nSPS) is 17.6. The van der Waals surface area contributed by atoms with E-state index in [9.17, 15) is 4.39 Å². The molecule has 1 N–H and O–H groups in total. The van der Waals surface area contributed by atoms with Crippen molar-refractivity contribution < 1.29 is 4.39 Å². The number of nitrogens with zero attached hydrogens (tertiary/aromatic N) is 1. The highest BCUT2D eigenvalue weighted by molar-refractivity contribution is 8.13. The van der Waals surface area contributed by atoms with Crippen LogP contribution in [-0.4, -0.2) is 24.0 Å². The quantitative estimate of drug-likeness (QED) is 0.891. The zero-order valence-corrected chi connectivity index (χ0v) is 13.1. The van der Waals surface area contributed by atoms with Gasteiger partial charge >= 0.3 is 0 Å². The van der Waals surface area contributed by atoms with Gasteiger partial charge in [-0.2, -0.15) is 0 Å². The van der Waals surface area contributed by atoms with Crippen molar-refractivity contribution in [1.82, 2.24) is 5.32 Å². The van der Waals surface area contributed by atoms with Crippen molar-refractivity contribution in [2.24, 2.45) is 10.4 Å². The molecule has 20 heavy (non-hydrogen) atoms. The minimum Gasteiger partial charge on any atom is -0.365 e. The Morgan fingerprint density at radius 2 is 1.95 bits per heavy atom. The van der Waals surface area contributed by atoms with E-state index in [-0.39, 0.29) is 5.82 Å². The van der Waals surface area contributed by atoms with E-state index in [4.69, 9.17) is 0 Å². The summed E-state index contributed by atoms with van der Waals surface area (Å²) in [5.74, 6) is 0.979. The second-order valence-corrected chi connectivity index (χ2v) is 6.38. The van der Waals surface area contributed by atoms with Gasteiger partial charge in [-0.25, -0.2) is 4.39 Å². The summed E-state index contributed by atoms with van der Waals surface area (Å²) in [5, 5.41) is 4.45. The van der Waals surface area contributed by atoms with Gasteiger partial charge in [-0.15, -0.1) is 0 Å². The Morgan fingerprint density at radius 1 is 1.25 bits per heavy atom. The molecule has 1 aliphatic rings. The van der Waals surface area contributed by atoms with Crippen LogP contribution in [-0.2, 0) is 6.42 Å². The molecule has 0 saturated carbocycles. The first kappa shape index (κ1) is 15.4. The lowest BCUT2D eigenvalue weighted by atomic mass is 9.84. The Morgan fingerprint density at radius 3 is 2.50 bits per heavy atom. The van der Waals surface area contributed by atoms with Crippen LogP contribution in [0.25, 0.3) is 0 Å². The zero-order chi connectivity index (χ0) is 14.4. The van der Waals surface area contributed by atoms with E-state index >= 15 is 0 Å². The van der Waals surface area contributed by atoms with Crippen molar-refractivity contribution in [3.8, 4) is 0 Å². The fourth-order valence-corrected chi connectivity index (χ4v) is 3.60. The summed E-state index contributed by atoms with van der Waals surface area (Å²) in [4.78, 5) is 4.68. The third kappa shape index (κ3) is 3.98. The van der Waals surface area contributed by atoms with Gasteiger partial charge in [-0.05, 0) is 42.4 Å². The van der Waals surface area contributed by atoms with Crippen LogP contribution >= 0.6 is 11.8 Å². The molecule has 0 radical (unpaired) electrons. The van der Waals surface area contributed by atoms with Gasteiger partial charge in [-0.1, -0.05) is 37.7 Å². The average molecular weight is 294 g/mol. The van der Waals surface area contributed by atoms with E-state index in [2.05, 4.69) is 24.2 Å². The molecule has 0 aliphatic carbocycles. The lowest BCUT2D eigenvalue weighted by Crippen LogP contribution is -2.35. The predicted molar refractivity (Wildman–Crippen MR) is 85.9 cm³/mol. The minimum absolute atomic E-state index is 0.176. The van der Waals surface area contributed by atoms with Crippen molar-refractivity contribution in [3.05, 3.63) is 35.6 Å². The van der Waals surface area contributed by atoms with Crippen LogP contribution in [0.5, 0.6) is 0 Å². The molecular formula is C16H23FN2S. The zero-order valence-electron chi connectivity index (χ0n) is 12.3. The molecule has 0 bridgehead atoms. The summed E-state index contributed by atoms with van der Waals surface area (Å²) in [6.07, 6.45) is 3.29. The van der Waals surface area contributed by atoms with E-state index in [0.717, 1.165) is 36.0 Å². The number of thioether (sulfide) groups is 1. The standard InChI is InChI=1S/C16H23FN2S/c1-3-16(4-2)11-19-15(20-12-16)18-10-9-13-5-7-14(17)8-6-13/h5-8H,3-4,9-12H2,1-2H3,(H,18,19). The fraction of sp³-hybridized carbons (Fsp3) is 0.562. The van der Waals surface area contributed by atoms with Crippen molar-refractivity contribution in [1.29, 1.82) is 0 Å². The Labute approximate surface area is 125 Å². The first-order valence-corrected chi connectivity index (χ1v) is 8.31. The fourth-order valence-electron chi connectivity index (χ4n) is 2.30. The summed E-state index contributed by atoms with van der Waals surface area (Å²) in [5.41, 5.74) is 1.55. The molecule has 0 unspecified atom stereocenters. The molecule has 0 amide bonds. The number of hydrogen-bond acceptors (Lipinski definition) is 3. The van der Waals surface area contributed by atoms with Crippen LogP contribution in [0, 0.1) is 11.2 Å². The van der Waals surface area contributed by atoms with Gasteiger partial charge in [0.25, 0.3) is 0 Å². The van der Waals surface area contributed by atoms with Gasteiger partial charge in [0.1, 0.15) is 5.82 Å². The van der Waals surface area contributed by atoms with Crippen LogP contribution in [0.15, 0.2) is 29.3 Å². The first-order chi connectivity index (χ1) is 9.67. The lowest BCUT2D eigenvalue weighted by molar-refractivity contribution is 0.318. The van der Waals surface area contributed by atoms with Crippen molar-refractivity contribution in [2.75, 3.05) is 18.8 Å². The van der Waals surface area contributed by atoms with Gasteiger partial charge in [0, 0.05) is 18.8 Å². The second-order valence-electron chi connectivity index (χ2n) is 5.42. The van der Waals surface area contributed by atoms with Gasteiger partial charge in [0.2, 0.25) is 0 Å². The van der Waals surface area contributed by atoms with Crippen molar-refractivity contribution in [2.45, 2.75) is 33.1 Å². The summed E-state index contributed by atoms with van der Waals surface area (Å²) in [6, 6.07) is 6.70. The van der Waals surface area contributed by atoms with Gasteiger partial charge in [0.05, 0.1) is 0 Å². The van der Waals surface area contributed by atoms with Crippen LogP contribution in [0.2, 0.25) is 0 Å². The number of amidine groups is 1. The SMILES string of the molecule is CCC1(CC)CN=C(NCCc2ccc(F)cc2)SC1. The smallest absolute Gasteiger partial charge is 0.156 e. The summed E-state index contributed by atoms with van der Waals surface area (Å²) in [7, 11) is 0. The lowest BCUT2D eigenvalue weighted by Gasteiger charge is -2.33. The van der Waals surface area contributed by atoms with Crippen LogP contribution in [0.3, 0.4) is 0 Å². The van der Waals surface area contributed by atoms with Crippen molar-refractivity contribution >= 4 is 16.9 Å². The van der Waals surface area contributed by atoms with E-state index < -0.39 is 0 Å². The Hall–Kier alpha value is -1.03. The molecule has 2 rings (SSSR count). The molecule has 0 fully saturated rings. The largest absolute Gasteiger partial charge is 0.365 e. The molecular weight excluding hydrogens is 271 g/mol. The maximum Gasteiger partial charge on any atom is 0.156 e. The molecule has 110 valence electrons. The van der Waals surface area contributed by atoms with E-state index in [1.165, 1.54) is 25.0 Å². The molecule has 4 heteroatoms. The van der Waals surface area contributed by atoms with Gasteiger partial charge < -0.3 is 5.32 Å². The third-order valence-corrected chi connectivity index (χ3v) is 5.48. The first-order valence-electron chi connectivity index (χ1n) is 7.33. The van der Waals surface area contributed by atoms with E-state index in [0.29, 0.717) is 5.41 Å². The van der Waals surface area contributed by atoms with Crippen LogP contribution < -0.4 is 5.32 Å². The third-order valence-electron chi connectivity index (χ3n) is 4.18. The average Bonchev–Trinajstić information content (AvgIpc) is 2.50. The maximum absolute atomic E-state index is 12.8. The second kappa shape index (κ2) is 7.11. The predicted octanol–water partition coefficient (Wildman–Crippen LogP) is 3.87.